The van der Waals surface area contributed by atoms with Crippen molar-refractivity contribution in [1.29, 1.82) is 0 Å². The number of ether oxygens (including phenoxy) is 1. The Morgan fingerprint density at radius 2 is 2.00 bits per heavy atom. The molecule has 0 radical (unpaired) electrons. The van der Waals surface area contributed by atoms with Crippen LogP contribution in [0.5, 0.6) is 0 Å². The second-order valence-corrected chi connectivity index (χ2v) is 6.92. The fourth-order valence-electron chi connectivity index (χ4n) is 3.78. The Labute approximate surface area is 129 Å². The lowest BCUT2D eigenvalue weighted by atomic mass is 9.78. The SMILES string of the molecule is CCN(CC1CCCO1)C(=O)NC1CCCCC1C(C)C. The van der Waals surface area contributed by atoms with Crippen molar-refractivity contribution in [2.24, 2.45) is 11.8 Å². The van der Waals surface area contributed by atoms with Gasteiger partial charge in [0.1, 0.15) is 0 Å². The zero-order chi connectivity index (χ0) is 15.2. The van der Waals surface area contributed by atoms with Crippen molar-refractivity contribution >= 4 is 6.03 Å². The minimum absolute atomic E-state index is 0.102. The third kappa shape index (κ3) is 4.60. The number of carbonyl (C=O) groups is 1. The molecule has 4 nitrogen and oxygen atoms in total. The maximum Gasteiger partial charge on any atom is 0.317 e. The van der Waals surface area contributed by atoms with E-state index in [1.807, 2.05) is 4.90 Å². The Balaban J connectivity index is 1.87. The number of hydrogen-bond acceptors (Lipinski definition) is 2. The van der Waals surface area contributed by atoms with E-state index < -0.39 is 0 Å². The number of amides is 2. The third-order valence-electron chi connectivity index (χ3n) is 5.10. The molecule has 0 bridgehead atoms. The van der Waals surface area contributed by atoms with Gasteiger partial charge in [0.25, 0.3) is 0 Å². The summed E-state index contributed by atoms with van der Waals surface area (Å²) in [4.78, 5) is 14.5. The predicted octanol–water partition coefficient (Wildman–Crippen LogP) is 3.41. The molecule has 2 amide bonds. The number of urea groups is 1. The first-order valence-corrected chi connectivity index (χ1v) is 8.78. The molecule has 1 N–H and O–H groups in total. The van der Waals surface area contributed by atoms with Crippen LogP contribution in [0.15, 0.2) is 0 Å². The molecule has 0 spiro atoms. The van der Waals surface area contributed by atoms with Gasteiger partial charge in [0.15, 0.2) is 0 Å². The second-order valence-electron chi connectivity index (χ2n) is 6.92. The van der Waals surface area contributed by atoms with E-state index >= 15 is 0 Å². The summed E-state index contributed by atoms with van der Waals surface area (Å²) in [5, 5.41) is 3.31. The summed E-state index contributed by atoms with van der Waals surface area (Å²) in [5.41, 5.74) is 0. The normalized spacial score (nSPS) is 29.6. The monoisotopic (exact) mass is 296 g/mol. The number of likely N-dealkylation sites (N-methyl/N-ethyl adjacent to an activating group) is 1. The smallest absolute Gasteiger partial charge is 0.317 e. The lowest BCUT2D eigenvalue weighted by molar-refractivity contribution is 0.0804. The molecule has 3 atom stereocenters. The van der Waals surface area contributed by atoms with Crippen LogP contribution in [-0.4, -0.2) is 42.8 Å². The first-order chi connectivity index (χ1) is 10.1. The molecule has 0 aromatic rings. The third-order valence-corrected chi connectivity index (χ3v) is 5.10. The highest BCUT2D eigenvalue weighted by Gasteiger charge is 2.30. The van der Waals surface area contributed by atoms with Crippen LogP contribution in [0.3, 0.4) is 0 Å². The Morgan fingerprint density at radius 1 is 1.24 bits per heavy atom. The topological polar surface area (TPSA) is 41.6 Å². The Kier molecular flexibility index (Phi) is 6.34. The minimum atomic E-state index is 0.102. The number of nitrogens with zero attached hydrogens (tertiary/aromatic N) is 1. The second kappa shape index (κ2) is 8.02. The van der Waals surface area contributed by atoms with Crippen molar-refractivity contribution in [3.05, 3.63) is 0 Å². The van der Waals surface area contributed by atoms with Gasteiger partial charge in [-0.05, 0) is 44.4 Å². The molecule has 1 saturated carbocycles. The van der Waals surface area contributed by atoms with Gasteiger partial charge in [-0.2, -0.15) is 0 Å². The van der Waals surface area contributed by atoms with Gasteiger partial charge >= 0.3 is 6.03 Å². The summed E-state index contributed by atoms with van der Waals surface area (Å²) in [6.07, 6.45) is 7.38. The van der Waals surface area contributed by atoms with Crippen LogP contribution in [0.1, 0.15) is 59.3 Å². The predicted molar refractivity (Wildman–Crippen MR) is 85.3 cm³/mol. The van der Waals surface area contributed by atoms with Gasteiger partial charge in [0.05, 0.1) is 6.10 Å². The molecule has 4 heteroatoms. The molecule has 0 aromatic carbocycles. The Morgan fingerprint density at radius 3 is 2.62 bits per heavy atom. The van der Waals surface area contributed by atoms with Gasteiger partial charge in [0, 0.05) is 25.7 Å². The summed E-state index contributed by atoms with van der Waals surface area (Å²) in [6.45, 7) is 8.95. The largest absolute Gasteiger partial charge is 0.376 e. The van der Waals surface area contributed by atoms with Gasteiger partial charge in [0.2, 0.25) is 0 Å². The highest BCUT2D eigenvalue weighted by atomic mass is 16.5. The quantitative estimate of drug-likeness (QED) is 0.844. The van der Waals surface area contributed by atoms with Crippen LogP contribution in [0.4, 0.5) is 4.79 Å². The van der Waals surface area contributed by atoms with Gasteiger partial charge in [-0.3, -0.25) is 0 Å². The number of nitrogens with one attached hydrogen (secondary N) is 1. The van der Waals surface area contributed by atoms with Crippen LogP contribution >= 0.6 is 0 Å². The summed E-state index contributed by atoms with van der Waals surface area (Å²) < 4.78 is 5.66. The standard InChI is InChI=1S/C17H32N2O2/c1-4-19(12-14-8-7-11-21-14)17(20)18-16-10-6-5-9-15(16)13(2)3/h13-16H,4-12H2,1-3H3,(H,18,20). The van der Waals surface area contributed by atoms with E-state index in [4.69, 9.17) is 4.74 Å². The molecule has 2 rings (SSSR count). The van der Waals surface area contributed by atoms with Crippen molar-refractivity contribution in [2.45, 2.75) is 71.4 Å². The summed E-state index contributed by atoms with van der Waals surface area (Å²) in [5.74, 6) is 1.27. The molecule has 3 unspecified atom stereocenters. The highest BCUT2D eigenvalue weighted by molar-refractivity contribution is 5.74. The molecule has 0 aromatic heterocycles. The van der Waals surface area contributed by atoms with Gasteiger partial charge in [-0.25, -0.2) is 4.79 Å². The van der Waals surface area contributed by atoms with Crippen LogP contribution in [0.2, 0.25) is 0 Å². The van der Waals surface area contributed by atoms with Crippen LogP contribution in [0.25, 0.3) is 0 Å². The molecule has 2 fully saturated rings. The number of carbonyl (C=O) groups excluding carboxylic acids is 1. The fourth-order valence-corrected chi connectivity index (χ4v) is 3.78. The average Bonchev–Trinajstić information content (AvgIpc) is 2.98. The van der Waals surface area contributed by atoms with Crippen molar-refractivity contribution < 1.29 is 9.53 Å². The van der Waals surface area contributed by atoms with Crippen LogP contribution in [-0.2, 0) is 4.74 Å². The van der Waals surface area contributed by atoms with E-state index in [0.717, 1.165) is 39.0 Å². The fraction of sp³-hybridized carbons (Fsp3) is 0.941. The van der Waals surface area contributed by atoms with E-state index in [0.29, 0.717) is 17.9 Å². The summed E-state index contributed by atoms with van der Waals surface area (Å²) in [7, 11) is 0. The Hall–Kier alpha value is -0.770. The maximum atomic E-state index is 12.6. The maximum absolute atomic E-state index is 12.6. The van der Waals surface area contributed by atoms with Crippen LogP contribution in [0, 0.1) is 11.8 Å². The molecule has 1 saturated heterocycles. The first kappa shape index (κ1) is 16.6. The molecular formula is C17H32N2O2. The van der Waals surface area contributed by atoms with Gasteiger partial charge < -0.3 is 15.0 Å². The molecule has 122 valence electrons. The van der Waals surface area contributed by atoms with Crippen molar-refractivity contribution in [3.63, 3.8) is 0 Å². The van der Waals surface area contributed by atoms with E-state index in [-0.39, 0.29) is 12.1 Å². The van der Waals surface area contributed by atoms with E-state index in [9.17, 15) is 4.79 Å². The summed E-state index contributed by atoms with van der Waals surface area (Å²) >= 11 is 0. The molecule has 21 heavy (non-hydrogen) atoms. The lowest BCUT2D eigenvalue weighted by Crippen LogP contribution is -2.51. The van der Waals surface area contributed by atoms with E-state index in [2.05, 4.69) is 26.1 Å². The van der Waals surface area contributed by atoms with E-state index in [1.165, 1.54) is 19.3 Å². The lowest BCUT2D eigenvalue weighted by Gasteiger charge is -2.36. The van der Waals surface area contributed by atoms with Crippen molar-refractivity contribution in [2.75, 3.05) is 19.7 Å². The molecular weight excluding hydrogens is 264 g/mol. The highest BCUT2D eigenvalue weighted by Crippen LogP contribution is 2.30. The first-order valence-electron chi connectivity index (χ1n) is 8.78. The zero-order valence-corrected chi connectivity index (χ0v) is 13.9. The van der Waals surface area contributed by atoms with Crippen molar-refractivity contribution in [3.8, 4) is 0 Å². The van der Waals surface area contributed by atoms with Crippen LogP contribution < -0.4 is 5.32 Å². The number of hydrogen-bond donors (Lipinski definition) is 1. The molecule has 1 heterocycles. The van der Waals surface area contributed by atoms with E-state index in [1.54, 1.807) is 0 Å². The van der Waals surface area contributed by atoms with Gasteiger partial charge in [-0.15, -0.1) is 0 Å². The number of rotatable bonds is 5. The summed E-state index contributed by atoms with van der Waals surface area (Å²) in [6, 6.07) is 0.454. The minimum Gasteiger partial charge on any atom is -0.376 e. The Bertz CT molecular complexity index is 327. The molecule has 1 aliphatic carbocycles. The van der Waals surface area contributed by atoms with Crippen molar-refractivity contribution in [1.82, 2.24) is 10.2 Å². The molecule has 1 aliphatic heterocycles. The zero-order valence-electron chi connectivity index (χ0n) is 13.9. The average molecular weight is 296 g/mol. The van der Waals surface area contributed by atoms with Gasteiger partial charge in [-0.1, -0.05) is 26.7 Å². The molecule has 2 aliphatic rings.